The van der Waals surface area contributed by atoms with Gasteiger partial charge in [0.15, 0.2) is 0 Å². The number of aliphatic hydroxyl groups excluding tert-OH is 2. The van der Waals surface area contributed by atoms with Crippen molar-refractivity contribution in [3.05, 3.63) is 72.9 Å². The molecular formula is C57H101NO5. The highest BCUT2D eigenvalue weighted by molar-refractivity contribution is 5.77. The number of carbonyl (C=O) groups is 2. The van der Waals surface area contributed by atoms with Crippen LogP contribution >= 0.6 is 0 Å². The van der Waals surface area contributed by atoms with Crippen LogP contribution in [0.2, 0.25) is 0 Å². The molecule has 0 aliphatic heterocycles. The third kappa shape index (κ3) is 45.7. The first kappa shape index (κ1) is 60.3. The van der Waals surface area contributed by atoms with E-state index in [2.05, 4.69) is 86.8 Å². The van der Waals surface area contributed by atoms with E-state index in [9.17, 15) is 19.8 Å². The number of aliphatic hydroxyl groups is 2. The van der Waals surface area contributed by atoms with E-state index >= 15 is 0 Å². The molecule has 0 heterocycles. The largest absolute Gasteiger partial charge is 0.461 e. The number of carbonyl (C=O) groups excluding carboxylic acids is 2. The van der Waals surface area contributed by atoms with Gasteiger partial charge < -0.3 is 20.3 Å². The summed E-state index contributed by atoms with van der Waals surface area (Å²) in [5.41, 5.74) is 0. The third-order valence-electron chi connectivity index (χ3n) is 11.8. The van der Waals surface area contributed by atoms with Gasteiger partial charge in [0.05, 0.1) is 25.2 Å². The minimum Gasteiger partial charge on any atom is -0.461 e. The molecule has 3 unspecified atom stereocenters. The minimum absolute atomic E-state index is 0.00817. The lowest BCUT2D eigenvalue weighted by Gasteiger charge is -2.24. The molecule has 0 aromatic carbocycles. The first-order chi connectivity index (χ1) is 31.0. The minimum atomic E-state index is -0.817. The standard InChI is InChI=1S/C57H101NO5/c1-4-7-10-13-16-19-22-25-28-30-33-36-39-42-45-48-53(63-57(62)50-47-44-41-38-35-32-27-24-21-18-15-12-9-6-3)51-56(61)58-54(52-59)55(60)49-46-43-40-37-34-31-29-26-23-20-17-14-11-8-5-2/h7,10,16,19,25,28,32-33,35-36,42,45,53-55,59-60H,4-6,8-9,11-15,17-18,20-24,26-27,29-31,34,37-41,43-44,46-52H2,1-3H3,(H,58,61)/b10-7-,19-16-,28-25-,35-32-,36-33-,45-42-. The number of esters is 1. The van der Waals surface area contributed by atoms with Crippen LogP contribution in [0.1, 0.15) is 252 Å². The van der Waals surface area contributed by atoms with E-state index in [4.69, 9.17) is 4.74 Å². The number of allylic oxidation sites excluding steroid dienone is 11. The summed E-state index contributed by atoms with van der Waals surface area (Å²) in [5.74, 6) is -0.598. The Labute approximate surface area is 390 Å². The summed E-state index contributed by atoms with van der Waals surface area (Å²) in [6.45, 7) is 6.34. The second kappa shape index (κ2) is 50.3. The number of hydrogen-bond acceptors (Lipinski definition) is 5. The van der Waals surface area contributed by atoms with Crippen LogP contribution in [0.5, 0.6) is 0 Å². The Bertz CT molecular complexity index is 1170. The van der Waals surface area contributed by atoms with Crippen LogP contribution in [0.15, 0.2) is 72.9 Å². The summed E-state index contributed by atoms with van der Waals surface area (Å²) in [6, 6.07) is -0.737. The van der Waals surface area contributed by atoms with Crippen LogP contribution in [-0.4, -0.2) is 46.9 Å². The average Bonchev–Trinajstić information content (AvgIpc) is 3.28. The molecule has 0 rings (SSSR count). The Balaban J connectivity index is 4.71. The SMILES string of the molecule is CC/C=C\C/C=C\C/C=C\C/C=C\C/C=C\CC(CC(=O)NC(CO)C(O)CCCCCCCCCCCCCCCCC)OC(=O)CCCCC/C=C\CCCCCCCCC. The van der Waals surface area contributed by atoms with Crippen LogP contribution in [-0.2, 0) is 14.3 Å². The fraction of sp³-hybridized carbons (Fsp3) is 0.754. The van der Waals surface area contributed by atoms with Gasteiger partial charge in [0.1, 0.15) is 6.10 Å². The van der Waals surface area contributed by atoms with Crippen LogP contribution in [0.25, 0.3) is 0 Å². The fourth-order valence-corrected chi connectivity index (χ4v) is 7.74. The van der Waals surface area contributed by atoms with E-state index in [0.29, 0.717) is 19.3 Å². The van der Waals surface area contributed by atoms with Gasteiger partial charge in [-0.2, -0.15) is 0 Å². The second-order valence-electron chi connectivity index (χ2n) is 17.9. The predicted molar refractivity (Wildman–Crippen MR) is 273 cm³/mol. The van der Waals surface area contributed by atoms with Gasteiger partial charge in [-0.15, -0.1) is 0 Å². The Morgan fingerprint density at radius 2 is 0.889 bits per heavy atom. The van der Waals surface area contributed by atoms with Gasteiger partial charge in [-0.1, -0.05) is 235 Å². The molecule has 0 saturated heterocycles. The van der Waals surface area contributed by atoms with Gasteiger partial charge in [0, 0.05) is 12.8 Å². The van der Waals surface area contributed by atoms with E-state index in [1.165, 1.54) is 122 Å². The number of amides is 1. The molecule has 0 aromatic rings. The Hall–Kier alpha value is -2.70. The van der Waals surface area contributed by atoms with E-state index < -0.39 is 18.2 Å². The van der Waals surface area contributed by atoms with Crippen LogP contribution in [0.3, 0.4) is 0 Å². The summed E-state index contributed by atoms with van der Waals surface area (Å²) >= 11 is 0. The highest BCUT2D eigenvalue weighted by Gasteiger charge is 2.23. The average molecular weight is 880 g/mol. The van der Waals surface area contributed by atoms with Crippen LogP contribution in [0, 0.1) is 0 Å². The van der Waals surface area contributed by atoms with E-state index in [1.807, 2.05) is 12.2 Å². The first-order valence-electron chi connectivity index (χ1n) is 26.7. The number of rotatable bonds is 47. The molecule has 0 aliphatic carbocycles. The third-order valence-corrected chi connectivity index (χ3v) is 11.8. The number of ether oxygens (including phenoxy) is 1. The molecule has 1 amide bonds. The van der Waals surface area contributed by atoms with E-state index in [1.54, 1.807) is 0 Å². The maximum atomic E-state index is 13.2. The van der Waals surface area contributed by atoms with Crippen molar-refractivity contribution in [1.82, 2.24) is 5.32 Å². The van der Waals surface area contributed by atoms with Crippen LogP contribution in [0.4, 0.5) is 0 Å². The molecule has 0 aliphatic rings. The molecule has 0 fully saturated rings. The molecule has 0 saturated carbocycles. The lowest BCUT2D eigenvalue weighted by molar-refractivity contribution is -0.150. The van der Waals surface area contributed by atoms with Crippen molar-refractivity contribution < 1.29 is 24.5 Å². The quantitative estimate of drug-likeness (QED) is 0.0321. The van der Waals surface area contributed by atoms with E-state index in [0.717, 1.165) is 83.5 Å². The molecule has 3 atom stereocenters. The smallest absolute Gasteiger partial charge is 0.306 e. The molecule has 6 heteroatoms. The fourth-order valence-electron chi connectivity index (χ4n) is 7.74. The molecular weight excluding hydrogens is 779 g/mol. The topological polar surface area (TPSA) is 95.9 Å². The molecule has 63 heavy (non-hydrogen) atoms. The van der Waals surface area contributed by atoms with Crippen molar-refractivity contribution in [2.75, 3.05) is 6.61 Å². The zero-order valence-corrected chi connectivity index (χ0v) is 41.4. The number of unbranched alkanes of at least 4 members (excludes halogenated alkanes) is 24. The monoisotopic (exact) mass is 880 g/mol. The Morgan fingerprint density at radius 3 is 1.33 bits per heavy atom. The molecule has 3 N–H and O–H groups in total. The van der Waals surface area contributed by atoms with Gasteiger partial charge in [-0.05, 0) is 70.6 Å². The van der Waals surface area contributed by atoms with Gasteiger partial charge in [-0.25, -0.2) is 0 Å². The van der Waals surface area contributed by atoms with Crippen molar-refractivity contribution in [3.63, 3.8) is 0 Å². The highest BCUT2D eigenvalue weighted by atomic mass is 16.5. The van der Waals surface area contributed by atoms with Gasteiger partial charge >= 0.3 is 5.97 Å². The molecule has 0 radical (unpaired) electrons. The van der Waals surface area contributed by atoms with Crippen molar-refractivity contribution in [2.45, 2.75) is 270 Å². The lowest BCUT2D eigenvalue weighted by atomic mass is 10.0. The molecule has 364 valence electrons. The lowest BCUT2D eigenvalue weighted by Crippen LogP contribution is -2.46. The van der Waals surface area contributed by atoms with Crippen molar-refractivity contribution >= 4 is 11.9 Å². The van der Waals surface area contributed by atoms with Crippen molar-refractivity contribution in [3.8, 4) is 0 Å². The predicted octanol–water partition coefficient (Wildman–Crippen LogP) is 16.2. The molecule has 6 nitrogen and oxygen atoms in total. The first-order valence-corrected chi connectivity index (χ1v) is 26.7. The highest BCUT2D eigenvalue weighted by Crippen LogP contribution is 2.16. The number of hydrogen-bond donors (Lipinski definition) is 3. The van der Waals surface area contributed by atoms with Crippen LogP contribution < -0.4 is 5.32 Å². The van der Waals surface area contributed by atoms with Crippen molar-refractivity contribution in [2.24, 2.45) is 0 Å². The summed E-state index contributed by atoms with van der Waals surface area (Å²) in [4.78, 5) is 26.1. The summed E-state index contributed by atoms with van der Waals surface area (Å²) < 4.78 is 5.86. The Kier molecular flexibility index (Phi) is 48.1. The maximum Gasteiger partial charge on any atom is 0.306 e. The molecule has 0 bridgehead atoms. The van der Waals surface area contributed by atoms with Crippen molar-refractivity contribution in [1.29, 1.82) is 0 Å². The molecule has 0 spiro atoms. The van der Waals surface area contributed by atoms with Gasteiger partial charge in [0.25, 0.3) is 0 Å². The van der Waals surface area contributed by atoms with Gasteiger partial charge in [0.2, 0.25) is 5.91 Å². The zero-order valence-electron chi connectivity index (χ0n) is 41.4. The summed E-state index contributed by atoms with van der Waals surface area (Å²) in [7, 11) is 0. The maximum absolute atomic E-state index is 13.2. The Morgan fingerprint density at radius 1 is 0.492 bits per heavy atom. The normalized spacial score (nSPS) is 13.8. The summed E-state index contributed by atoms with van der Waals surface area (Å²) in [6.07, 6.45) is 64.1. The molecule has 0 aromatic heterocycles. The number of nitrogens with one attached hydrogen (secondary N) is 1. The summed E-state index contributed by atoms with van der Waals surface area (Å²) in [5, 5.41) is 23.8. The van der Waals surface area contributed by atoms with Gasteiger partial charge in [-0.3, -0.25) is 9.59 Å². The van der Waals surface area contributed by atoms with E-state index in [-0.39, 0.29) is 24.9 Å². The zero-order chi connectivity index (χ0) is 45.9. The second-order valence-corrected chi connectivity index (χ2v) is 17.9.